The van der Waals surface area contributed by atoms with Crippen molar-refractivity contribution in [2.75, 3.05) is 46.9 Å². The van der Waals surface area contributed by atoms with Crippen molar-refractivity contribution in [2.24, 2.45) is 5.92 Å². The van der Waals surface area contributed by atoms with Crippen LogP contribution in [0.25, 0.3) is 0 Å². The van der Waals surface area contributed by atoms with Gasteiger partial charge in [-0.3, -0.25) is 14.4 Å². The van der Waals surface area contributed by atoms with E-state index in [1.165, 1.54) is 122 Å². The number of unbranched alkanes of at least 4 members (excludes halogenated alkanes) is 24. The van der Waals surface area contributed by atoms with Crippen molar-refractivity contribution < 1.29 is 28.6 Å². The lowest BCUT2D eigenvalue weighted by atomic mass is 10.0. The van der Waals surface area contributed by atoms with Crippen LogP contribution in [-0.2, 0) is 28.6 Å². The van der Waals surface area contributed by atoms with E-state index in [2.05, 4.69) is 57.2 Å². The van der Waals surface area contributed by atoms with Gasteiger partial charge in [0.15, 0.2) is 0 Å². The molecule has 0 aliphatic heterocycles. The summed E-state index contributed by atoms with van der Waals surface area (Å²) in [6.07, 6.45) is 43.4. The van der Waals surface area contributed by atoms with Gasteiger partial charge in [0, 0.05) is 31.7 Å². The molecule has 0 amide bonds. The summed E-state index contributed by atoms with van der Waals surface area (Å²) in [7, 11) is 4.13. The second-order valence-electron chi connectivity index (χ2n) is 18.1. The molecule has 1 unspecified atom stereocenters. The second-order valence-corrected chi connectivity index (χ2v) is 18.1. The third-order valence-corrected chi connectivity index (χ3v) is 11.6. The molecule has 0 aliphatic carbocycles. The van der Waals surface area contributed by atoms with Crippen molar-refractivity contribution in [3.63, 3.8) is 0 Å². The summed E-state index contributed by atoms with van der Waals surface area (Å²) in [6, 6.07) is 0. The summed E-state index contributed by atoms with van der Waals surface area (Å²) in [5.74, 6) is -0.514. The van der Waals surface area contributed by atoms with Gasteiger partial charge in [-0.1, -0.05) is 161 Å². The molecule has 0 rings (SSSR count). The number of rotatable bonds is 47. The average Bonchev–Trinajstić information content (AvgIpc) is 3.23. The van der Waals surface area contributed by atoms with E-state index < -0.39 is 0 Å². The summed E-state index contributed by atoms with van der Waals surface area (Å²) in [5.41, 5.74) is 0. The number of nitrogens with zero attached hydrogens (tertiary/aromatic N) is 1. The van der Waals surface area contributed by atoms with Gasteiger partial charge in [0.05, 0.1) is 13.2 Å². The fourth-order valence-corrected chi connectivity index (χ4v) is 7.60. The number of nitrogens with one attached hydrogen (secondary N) is 1. The minimum Gasteiger partial charge on any atom is -0.465 e. The van der Waals surface area contributed by atoms with Crippen LogP contribution in [0.5, 0.6) is 0 Å². The van der Waals surface area contributed by atoms with Gasteiger partial charge in [0.25, 0.3) is 0 Å². The Kier molecular flexibility index (Phi) is 45.1. The molecule has 60 heavy (non-hydrogen) atoms. The van der Waals surface area contributed by atoms with Crippen LogP contribution in [0.3, 0.4) is 0 Å². The molecule has 0 aromatic rings. The molecule has 0 spiro atoms. The summed E-state index contributed by atoms with van der Waals surface area (Å²) in [4.78, 5) is 40.1. The van der Waals surface area contributed by atoms with Crippen molar-refractivity contribution >= 4 is 17.9 Å². The standard InChI is InChI=1S/C52H100N2O6/c1-6-9-12-15-18-19-20-21-22-23-24-25-26-29-34-40-50(55)58-46-48(45-53-43-37-44-54(4)5)47-59-51(56)41-35-30-31-36-42-52(57)60-49(38-32-27-16-13-10-7-2)39-33-28-17-14-11-8-3/h21-22,48-49,53H,6-20,23-47H2,1-5H3/b22-21-. The van der Waals surface area contributed by atoms with Crippen molar-refractivity contribution in [2.45, 2.75) is 252 Å². The average molecular weight is 849 g/mol. The Morgan fingerprint density at radius 2 is 0.867 bits per heavy atom. The lowest BCUT2D eigenvalue weighted by Gasteiger charge is -2.18. The fourth-order valence-electron chi connectivity index (χ4n) is 7.60. The largest absolute Gasteiger partial charge is 0.465 e. The highest BCUT2D eigenvalue weighted by atomic mass is 16.5. The first-order valence-corrected chi connectivity index (χ1v) is 25.8. The normalized spacial score (nSPS) is 12.2. The maximum atomic E-state index is 12.8. The number of hydrogen-bond acceptors (Lipinski definition) is 8. The number of esters is 3. The van der Waals surface area contributed by atoms with Crippen LogP contribution in [0.15, 0.2) is 12.2 Å². The van der Waals surface area contributed by atoms with Crippen LogP contribution >= 0.6 is 0 Å². The zero-order valence-corrected chi connectivity index (χ0v) is 40.5. The lowest BCUT2D eigenvalue weighted by molar-refractivity contribution is -0.151. The zero-order valence-electron chi connectivity index (χ0n) is 40.5. The Balaban J connectivity index is 4.36. The van der Waals surface area contributed by atoms with E-state index in [1.54, 1.807) is 0 Å². The molecule has 0 saturated heterocycles. The number of ether oxygens (including phenoxy) is 3. The van der Waals surface area contributed by atoms with Crippen LogP contribution in [0, 0.1) is 5.92 Å². The Bertz CT molecular complexity index is 956. The Morgan fingerprint density at radius 3 is 1.30 bits per heavy atom. The summed E-state index contributed by atoms with van der Waals surface area (Å²) >= 11 is 0. The first-order valence-electron chi connectivity index (χ1n) is 25.8. The molecule has 0 fully saturated rings. The molecular weight excluding hydrogens is 749 g/mol. The van der Waals surface area contributed by atoms with Gasteiger partial charge in [-0.05, 0) is 104 Å². The maximum Gasteiger partial charge on any atom is 0.306 e. The van der Waals surface area contributed by atoms with Crippen LogP contribution in [0.4, 0.5) is 0 Å². The minimum atomic E-state index is -0.209. The Morgan fingerprint density at radius 1 is 0.483 bits per heavy atom. The van der Waals surface area contributed by atoms with E-state index in [0.29, 0.717) is 25.8 Å². The highest BCUT2D eigenvalue weighted by Gasteiger charge is 2.16. The van der Waals surface area contributed by atoms with Crippen molar-refractivity contribution in [1.29, 1.82) is 0 Å². The SMILES string of the molecule is CCCCCCCC/C=C\CCCCCCCC(=O)OCC(CNCCCN(C)C)COC(=O)CCCCCCC(=O)OC(CCCCCCCC)CCCCCCCC. The zero-order chi connectivity index (χ0) is 44.0. The Hall–Kier alpha value is -1.93. The fraction of sp³-hybridized carbons (Fsp3) is 0.904. The molecule has 8 nitrogen and oxygen atoms in total. The van der Waals surface area contributed by atoms with E-state index in [0.717, 1.165) is 96.6 Å². The van der Waals surface area contributed by atoms with Gasteiger partial charge in [0.2, 0.25) is 0 Å². The van der Waals surface area contributed by atoms with Crippen LogP contribution in [-0.4, -0.2) is 75.9 Å². The van der Waals surface area contributed by atoms with E-state index >= 15 is 0 Å². The van der Waals surface area contributed by atoms with Crippen molar-refractivity contribution in [3.05, 3.63) is 12.2 Å². The minimum absolute atomic E-state index is 0.0576. The van der Waals surface area contributed by atoms with Crippen LogP contribution in [0.1, 0.15) is 245 Å². The monoisotopic (exact) mass is 849 g/mol. The van der Waals surface area contributed by atoms with Gasteiger partial charge < -0.3 is 24.4 Å². The molecule has 0 aromatic heterocycles. The number of hydrogen-bond donors (Lipinski definition) is 1. The highest BCUT2D eigenvalue weighted by molar-refractivity contribution is 5.70. The number of carbonyl (C=O) groups is 3. The van der Waals surface area contributed by atoms with Gasteiger partial charge in [-0.25, -0.2) is 0 Å². The van der Waals surface area contributed by atoms with Gasteiger partial charge in [-0.2, -0.15) is 0 Å². The predicted molar refractivity (Wildman–Crippen MR) is 254 cm³/mol. The quantitative estimate of drug-likeness (QED) is 0.0280. The smallest absolute Gasteiger partial charge is 0.306 e. The predicted octanol–water partition coefficient (Wildman–Crippen LogP) is 14.0. The lowest BCUT2D eigenvalue weighted by Crippen LogP contribution is -2.32. The van der Waals surface area contributed by atoms with Crippen LogP contribution in [0.2, 0.25) is 0 Å². The first kappa shape index (κ1) is 58.1. The van der Waals surface area contributed by atoms with E-state index in [1.807, 2.05) is 0 Å². The van der Waals surface area contributed by atoms with E-state index in [9.17, 15) is 14.4 Å². The summed E-state index contributed by atoms with van der Waals surface area (Å²) in [5, 5.41) is 3.46. The molecule has 354 valence electrons. The molecule has 0 saturated carbocycles. The molecule has 0 bridgehead atoms. The first-order chi connectivity index (χ1) is 29.3. The third kappa shape index (κ3) is 44.1. The van der Waals surface area contributed by atoms with Gasteiger partial charge in [0.1, 0.15) is 6.10 Å². The van der Waals surface area contributed by atoms with Crippen molar-refractivity contribution in [1.82, 2.24) is 10.2 Å². The van der Waals surface area contributed by atoms with Gasteiger partial charge in [-0.15, -0.1) is 0 Å². The van der Waals surface area contributed by atoms with Crippen molar-refractivity contribution in [3.8, 4) is 0 Å². The van der Waals surface area contributed by atoms with E-state index in [-0.39, 0.29) is 43.1 Å². The molecule has 0 aromatic carbocycles. The second kappa shape index (κ2) is 46.6. The maximum absolute atomic E-state index is 12.8. The topological polar surface area (TPSA) is 94.2 Å². The highest BCUT2D eigenvalue weighted by Crippen LogP contribution is 2.19. The molecule has 0 heterocycles. The molecular formula is C52H100N2O6. The van der Waals surface area contributed by atoms with Crippen LogP contribution < -0.4 is 5.32 Å². The molecule has 8 heteroatoms. The van der Waals surface area contributed by atoms with E-state index in [4.69, 9.17) is 14.2 Å². The Labute approximate surface area is 372 Å². The summed E-state index contributed by atoms with van der Waals surface area (Å²) in [6.45, 7) is 9.75. The molecule has 0 radical (unpaired) electrons. The number of carbonyl (C=O) groups excluding carboxylic acids is 3. The molecule has 1 N–H and O–H groups in total. The molecule has 0 aliphatic rings. The third-order valence-electron chi connectivity index (χ3n) is 11.6. The summed E-state index contributed by atoms with van der Waals surface area (Å²) < 4.78 is 17.3. The molecule has 1 atom stereocenters. The number of allylic oxidation sites excluding steroid dienone is 2. The van der Waals surface area contributed by atoms with Gasteiger partial charge >= 0.3 is 17.9 Å².